The van der Waals surface area contributed by atoms with Crippen LogP contribution in [0.3, 0.4) is 0 Å². The molecule has 0 aliphatic carbocycles. The average molecular weight is 368 g/mol. The molecule has 7 heteroatoms. The number of benzene rings is 2. The number of hydrogen-bond acceptors (Lipinski definition) is 3. The van der Waals surface area contributed by atoms with Crippen molar-refractivity contribution >= 4 is 16.9 Å². The van der Waals surface area contributed by atoms with E-state index in [0.717, 1.165) is 41.1 Å². The molecule has 0 fully saturated rings. The van der Waals surface area contributed by atoms with Crippen LogP contribution < -0.4 is 10.6 Å². The summed E-state index contributed by atoms with van der Waals surface area (Å²) in [6, 6.07) is 12.8. The molecule has 1 heterocycles. The van der Waals surface area contributed by atoms with Crippen LogP contribution in [-0.4, -0.2) is 16.5 Å². The van der Waals surface area contributed by atoms with Crippen molar-refractivity contribution in [3.05, 3.63) is 59.7 Å². The van der Waals surface area contributed by atoms with Crippen LogP contribution >= 0.6 is 0 Å². The summed E-state index contributed by atoms with van der Waals surface area (Å²) in [4.78, 5) is 0.852. The highest BCUT2D eigenvalue weighted by Crippen LogP contribution is 2.34. The Balaban J connectivity index is 1.38. The van der Waals surface area contributed by atoms with Gasteiger partial charge in [-0.15, -0.1) is 0 Å². The van der Waals surface area contributed by atoms with E-state index in [1.54, 1.807) is 0 Å². The van der Waals surface area contributed by atoms with Gasteiger partial charge in [-0.3, -0.25) is 0 Å². The van der Waals surface area contributed by atoms with Gasteiger partial charge in [-0.05, 0) is 42.8 Å². The summed E-state index contributed by atoms with van der Waals surface area (Å²) < 4.78 is 49.8. The minimum Gasteiger partial charge on any atom is -0.610 e. The lowest BCUT2D eigenvalue weighted by molar-refractivity contribution is -0.137. The molecule has 0 spiro atoms. The molecule has 25 heavy (non-hydrogen) atoms. The first-order valence-electron chi connectivity index (χ1n) is 8.08. The standard InChI is InChI=1S/C18H19F3N2OS/c19-18(20,21)14-9-7-13(8-10-14)12-22-11-3-6-17-23-15-4-1-2-5-16(15)25(17)24/h1-2,4-5,7-10,17,22-23H,3,6,11-12H2. The Morgan fingerprint density at radius 2 is 1.80 bits per heavy atom. The maximum Gasteiger partial charge on any atom is 0.416 e. The Kier molecular flexibility index (Phi) is 5.56. The monoisotopic (exact) mass is 368 g/mol. The predicted octanol–water partition coefficient (Wildman–Crippen LogP) is 4.13. The third-order valence-electron chi connectivity index (χ3n) is 4.11. The topological polar surface area (TPSA) is 47.1 Å². The van der Waals surface area contributed by atoms with Crippen LogP contribution in [0.5, 0.6) is 0 Å². The molecule has 2 unspecified atom stereocenters. The van der Waals surface area contributed by atoms with E-state index in [1.165, 1.54) is 12.1 Å². The molecular weight excluding hydrogens is 349 g/mol. The summed E-state index contributed by atoms with van der Waals surface area (Å²) in [5.41, 5.74) is 1.11. The van der Waals surface area contributed by atoms with Crippen LogP contribution in [0, 0.1) is 0 Å². The Hall–Kier alpha value is -1.70. The minimum absolute atomic E-state index is 0.0785. The Bertz CT molecular complexity index is 706. The lowest BCUT2D eigenvalue weighted by Crippen LogP contribution is -2.24. The van der Waals surface area contributed by atoms with Crippen molar-refractivity contribution in [1.82, 2.24) is 5.32 Å². The first-order valence-corrected chi connectivity index (χ1v) is 9.29. The molecule has 3 rings (SSSR count). The quantitative estimate of drug-likeness (QED) is 0.595. The van der Waals surface area contributed by atoms with Crippen molar-refractivity contribution in [2.75, 3.05) is 11.9 Å². The number of halogens is 3. The van der Waals surface area contributed by atoms with Gasteiger partial charge in [-0.1, -0.05) is 24.3 Å². The van der Waals surface area contributed by atoms with E-state index in [9.17, 15) is 17.7 Å². The van der Waals surface area contributed by atoms with E-state index in [-0.39, 0.29) is 5.37 Å². The number of anilines is 1. The van der Waals surface area contributed by atoms with Crippen LogP contribution in [0.1, 0.15) is 24.0 Å². The summed E-state index contributed by atoms with van der Waals surface area (Å²) in [6.45, 7) is 1.23. The fourth-order valence-corrected chi connectivity index (χ4v) is 4.26. The number of nitrogens with one attached hydrogen (secondary N) is 2. The highest BCUT2D eigenvalue weighted by molar-refractivity contribution is 7.92. The molecule has 0 aromatic heterocycles. The normalized spacial score (nSPS) is 19.5. The zero-order valence-corrected chi connectivity index (χ0v) is 14.3. The van der Waals surface area contributed by atoms with Gasteiger partial charge in [-0.2, -0.15) is 13.2 Å². The van der Waals surface area contributed by atoms with E-state index in [2.05, 4.69) is 10.6 Å². The van der Waals surface area contributed by atoms with E-state index < -0.39 is 22.9 Å². The molecule has 0 amide bonds. The van der Waals surface area contributed by atoms with E-state index >= 15 is 0 Å². The van der Waals surface area contributed by atoms with Crippen LogP contribution in [-0.2, 0) is 23.9 Å². The molecule has 0 saturated heterocycles. The highest BCUT2D eigenvalue weighted by Gasteiger charge is 2.34. The van der Waals surface area contributed by atoms with Crippen molar-refractivity contribution < 1.29 is 17.7 Å². The number of rotatable bonds is 6. The van der Waals surface area contributed by atoms with Crippen LogP contribution in [0.2, 0.25) is 0 Å². The minimum atomic E-state index is -4.30. The van der Waals surface area contributed by atoms with Crippen molar-refractivity contribution in [1.29, 1.82) is 0 Å². The van der Waals surface area contributed by atoms with E-state index in [1.807, 2.05) is 24.3 Å². The third-order valence-corrected chi connectivity index (χ3v) is 5.77. The third kappa shape index (κ3) is 4.48. The molecule has 2 N–H and O–H groups in total. The van der Waals surface area contributed by atoms with Crippen molar-refractivity contribution in [3.63, 3.8) is 0 Å². The maximum absolute atomic E-state index is 12.5. The van der Waals surface area contributed by atoms with Gasteiger partial charge < -0.3 is 15.2 Å². The van der Waals surface area contributed by atoms with Gasteiger partial charge in [0.1, 0.15) is 0 Å². The molecule has 3 nitrogen and oxygen atoms in total. The van der Waals surface area contributed by atoms with Gasteiger partial charge in [0.2, 0.25) is 0 Å². The van der Waals surface area contributed by atoms with Gasteiger partial charge in [0.05, 0.1) is 11.3 Å². The molecule has 1 aliphatic rings. The molecule has 0 bridgehead atoms. The average Bonchev–Trinajstić information content (AvgIpc) is 2.91. The molecular formula is C18H19F3N2OS. The molecule has 2 aromatic rings. The van der Waals surface area contributed by atoms with Gasteiger partial charge in [0.25, 0.3) is 0 Å². The van der Waals surface area contributed by atoms with E-state index in [0.29, 0.717) is 13.1 Å². The predicted molar refractivity (Wildman–Crippen MR) is 92.6 cm³/mol. The summed E-state index contributed by atoms with van der Waals surface area (Å²) in [5.74, 6) is 0. The fourth-order valence-electron chi connectivity index (χ4n) is 2.78. The van der Waals surface area contributed by atoms with Crippen molar-refractivity contribution in [3.8, 4) is 0 Å². The second kappa shape index (κ2) is 7.68. The van der Waals surface area contributed by atoms with E-state index in [4.69, 9.17) is 0 Å². The molecule has 2 atom stereocenters. The molecule has 134 valence electrons. The van der Waals surface area contributed by atoms with Crippen LogP contribution in [0.4, 0.5) is 18.9 Å². The summed E-state index contributed by atoms with van der Waals surface area (Å²) >= 11 is -1.03. The van der Waals surface area contributed by atoms with Crippen LogP contribution in [0.25, 0.3) is 0 Å². The molecule has 0 saturated carbocycles. The second-order valence-corrected chi connectivity index (χ2v) is 7.54. The van der Waals surface area contributed by atoms with Gasteiger partial charge in [-0.25, -0.2) is 0 Å². The zero-order chi connectivity index (χ0) is 17.9. The van der Waals surface area contributed by atoms with Crippen LogP contribution in [0.15, 0.2) is 53.4 Å². The molecule has 0 radical (unpaired) electrons. The van der Waals surface area contributed by atoms with Crippen molar-refractivity contribution in [2.45, 2.75) is 35.8 Å². The smallest absolute Gasteiger partial charge is 0.416 e. The van der Waals surface area contributed by atoms with Gasteiger partial charge in [0, 0.05) is 24.1 Å². The highest BCUT2D eigenvalue weighted by atomic mass is 32.2. The summed E-state index contributed by atoms with van der Waals surface area (Å²) in [7, 11) is 0. The Labute approximate surface area is 147 Å². The number of alkyl halides is 3. The van der Waals surface area contributed by atoms with Crippen molar-refractivity contribution in [2.24, 2.45) is 0 Å². The molecule has 1 aliphatic heterocycles. The van der Waals surface area contributed by atoms with Gasteiger partial charge in [0.15, 0.2) is 10.3 Å². The zero-order valence-electron chi connectivity index (χ0n) is 13.5. The van der Waals surface area contributed by atoms with Gasteiger partial charge >= 0.3 is 6.18 Å². The lowest BCUT2D eigenvalue weighted by Gasteiger charge is -2.14. The lowest BCUT2D eigenvalue weighted by atomic mass is 10.1. The first kappa shape index (κ1) is 18.1. The second-order valence-electron chi connectivity index (χ2n) is 5.94. The fraction of sp³-hybridized carbons (Fsp3) is 0.333. The summed E-state index contributed by atoms with van der Waals surface area (Å²) in [6.07, 6.45) is -2.70. The maximum atomic E-state index is 12.5. The number of hydrogen-bond donors (Lipinski definition) is 2. The number of fused-ring (bicyclic) bond motifs is 1. The first-order chi connectivity index (χ1) is 11.9. The Morgan fingerprint density at radius 1 is 1.08 bits per heavy atom. The Morgan fingerprint density at radius 3 is 2.48 bits per heavy atom. The largest absolute Gasteiger partial charge is 0.610 e. The number of para-hydroxylation sites is 1. The molecule has 2 aromatic carbocycles. The SMILES string of the molecule is [O-][S+]1c2ccccc2NC1CCCNCc1ccc(C(F)(F)F)cc1. The summed E-state index contributed by atoms with van der Waals surface area (Å²) in [5, 5.41) is 6.41.